The second-order valence-corrected chi connectivity index (χ2v) is 5.23. The lowest BCUT2D eigenvalue weighted by molar-refractivity contribution is -0.143. The number of nitrogens with zero attached hydrogens (tertiary/aromatic N) is 3. The van der Waals surface area contributed by atoms with Crippen LogP contribution in [-0.4, -0.2) is 54.7 Å². The van der Waals surface area contributed by atoms with E-state index in [4.69, 9.17) is 0 Å². The van der Waals surface area contributed by atoms with E-state index in [9.17, 15) is 13.2 Å². The summed E-state index contributed by atoms with van der Waals surface area (Å²) >= 11 is 0. The summed E-state index contributed by atoms with van der Waals surface area (Å²) in [6.45, 7) is 0.461. The first-order chi connectivity index (χ1) is 10.5. The SMILES string of the molecule is CN=C(NCc1ccccn1)NC1CCN(CC(F)(F)F)C1. The zero-order chi connectivity index (χ0) is 16.0. The van der Waals surface area contributed by atoms with Gasteiger partial charge in [-0.15, -0.1) is 0 Å². The first kappa shape index (κ1) is 16.5. The van der Waals surface area contributed by atoms with Gasteiger partial charge in [-0.3, -0.25) is 14.9 Å². The molecule has 0 saturated carbocycles. The molecule has 1 aliphatic rings. The van der Waals surface area contributed by atoms with Gasteiger partial charge in [-0.1, -0.05) is 6.07 Å². The van der Waals surface area contributed by atoms with Crippen molar-refractivity contribution >= 4 is 5.96 Å². The van der Waals surface area contributed by atoms with Crippen LogP contribution in [0.5, 0.6) is 0 Å². The van der Waals surface area contributed by atoms with Gasteiger partial charge in [-0.2, -0.15) is 13.2 Å². The molecule has 1 atom stereocenters. The third-order valence-electron chi connectivity index (χ3n) is 3.40. The van der Waals surface area contributed by atoms with Gasteiger partial charge in [0.05, 0.1) is 18.8 Å². The van der Waals surface area contributed by atoms with E-state index in [1.165, 1.54) is 4.90 Å². The minimum Gasteiger partial charge on any atom is -0.352 e. The van der Waals surface area contributed by atoms with Crippen LogP contribution in [0.1, 0.15) is 12.1 Å². The Labute approximate surface area is 127 Å². The molecule has 1 aromatic rings. The van der Waals surface area contributed by atoms with Crippen LogP contribution in [0, 0.1) is 0 Å². The fraction of sp³-hybridized carbons (Fsp3) is 0.571. The van der Waals surface area contributed by atoms with Crippen molar-refractivity contribution in [2.75, 3.05) is 26.7 Å². The molecule has 122 valence electrons. The quantitative estimate of drug-likeness (QED) is 0.651. The maximum Gasteiger partial charge on any atom is 0.401 e. The minimum atomic E-state index is -4.15. The highest BCUT2D eigenvalue weighted by Crippen LogP contribution is 2.19. The monoisotopic (exact) mass is 315 g/mol. The molecule has 1 aromatic heterocycles. The Kier molecular flexibility index (Phi) is 5.59. The van der Waals surface area contributed by atoms with Crippen molar-refractivity contribution in [3.05, 3.63) is 30.1 Å². The predicted octanol–water partition coefficient (Wildman–Crippen LogP) is 1.38. The van der Waals surface area contributed by atoms with Crippen LogP contribution in [0.3, 0.4) is 0 Å². The Bertz CT molecular complexity index is 489. The van der Waals surface area contributed by atoms with Gasteiger partial charge in [0, 0.05) is 32.4 Å². The molecule has 0 radical (unpaired) electrons. The molecular weight excluding hydrogens is 295 g/mol. The van der Waals surface area contributed by atoms with Crippen molar-refractivity contribution < 1.29 is 13.2 Å². The molecule has 0 amide bonds. The van der Waals surface area contributed by atoms with E-state index in [1.54, 1.807) is 13.2 Å². The molecule has 1 aliphatic heterocycles. The van der Waals surface area contributed by atoms with Gasteiger partial charge in [0.2, 0.25) is 0 Å². The molecule has 2 heterocycles. The molecule has 1 saturated heterocycles. The summed E-state index contributed by atoms with van der Waals surface area (Å²) in [4.78, 5) is 9.69. The Balaban J connectivity index is 1.77. The topological polar surface area (TPSA) is 52.6 Å². The zero-order valence-electron chi connectivity index (χ0n) is 12.4. The average Bonchev–Trinajstić information content (AvgIpc) is 2.89. The molecule has 0 spiro atoms. The first-order valence-electron chi connectivity index (χ1n) is 7.12. The number of pyridine rings is 1. The number of aromatic nitrogens is 1. The summed E-state index contributed by atoms with van der Waals surface area (Å²) in [5.74, 6) is 0.574. The number of halogens is 3. The van der Waals surface area contributed by atoms with Gasteiger partial charge in [-0.05, 0) is 18.6 Å². The fourth-order valence-electron chi connectivity index (χ4n) is 2.41. The summed E-state index contributed by atoms with van der Waals surface area (Å²) in [5, 5.41) is 6.27. The van der Waals surface area contributed by atoms with Crippen LogP contribution >= 0.6 is 0 Å². The van der Waals surface area contributed by atoms with Gasteiger partial charge in [-0.25, -0.2) is 0 Å². The summed E-state index contributed by atoms with van der Waals surface area (Å²) in [5.41, 5.74) is 0.871. The van der Waals surface area contributed by atoms with Crippen LogP contribution < -0.4 is 10.6 Å². The highest BCUT2D eigenvalue weighted by atomic mass is 19.4. The number of hydrogen-bond donors (Lipinski definition) is 2. The number of nitrogens with one attached hydrogen (secondary N) is 2. The lowest BCUT2D eigenvalue weighted by Crippen LogP contribution is -2.45. The number of alkyl halides is 3. The smallest absolute Gasteiger partial charge is 0.352 e. The van der Waals surface area contributed by atoms with Crippen molar-refractivity contribution in [2.45, 2.75) is 25.2 Å². The van der Waals surface area contributed by atoms with Crippen LogP contribution in [0.4, 0.5) is 13.2 Å². The van der Waals surface area contributed by atoms with Crippen molar-refractivity contribution in [2.24, 2.45) is 4.99 Å². The summed E-state index contributed by atoms with van der Waals surface area (Å²) < 4.78 is 37.1. The van der Waals surface area contributed by atoms with E-state index in [-0.39, 0.29) is 6.04 Å². The molecule has 1 fully saturated rings. The molecular formula is C14H20F3N5. The van der Waals surface area contributed by atoms with Gasteiger partial charge in [0.25, 0.3) is 0 Å². The van der Waals surface area contributed by atoms with Crippen LogP contribution in [-0.2, 0) is 6.54 Å². The molecule has 1 unspecified atom stereocenters. The van der Waals surface area contributed by atoms with Crippen LogP contribution in [0.25, 0.3) is 0 Å². The molecule has 2 N–H and O–H groups in total. The van der Waals surface area contributed by atoms with E-state index in [2.05, 4.69) is 20.6 Å². The average molecular weight is 315 g/mol. The normalized spacial score (nSPS) is 20.2. The van der Waals surface area contributed by atoms with Crippen molar-refractivity contribution in [1.29, 1.82) is 0 Å². The highest BCUT2D eigenvalue weighted by molar-refractivity contribution is 5.79. The van der Waals surface area contributed by atoms with E-state index in [0.717, 1.165) is 5.69 Å². The Morgan fingerprint density at radius 3 is 2.91 bits per heavy atom. The van der Waals surface area contributed by atoms with Crippen LogP contribution in [0.15, 0.2) is 29.4 Å². The van der Waals surface area contributed by atoms with E-state index in [0.29, 0.717) is 32.0 Å². The molecule has 0 aliphatic carbocycles. The Morgan fingerprint density at radius 2 is 2.27 bits per heavy atom. The zero-order valence-corrected chi connectivity index (χ0v) is 12.4. The second-order valence-electron chi connectivity index (χ2n) is 5.23. The van der Waals surface area contributed by atoms with Gasteiger partial charge in [0.1, 0.15) is 0 Å². The number of aliphatic imine (C=N–C) groups is 1. The molecule has 8 heteroatoms. The van der Waals surface area contributed by atoms with E-state index < -0.39 is 12.7 Å². The fourth-order valence-corrected chi connectivity index (χ4v) is 2.41. The van der Waals surface area contributed by atoms with Gasteiger partial charge in [0.15, 0.2) is 5.96 Å². The third-order valence-corrected chi connectivity index (χ3v) is 3.40. The summed E-state index contributed by atoms with van der Waals surface area (Å²) in [6.07, 6.45) is -1.77. The maximum absolute atomic E-state index is 12.4. The largest absolute Gasteiger partial charge is 0.401 e. The number of hydrogen-bond acceptors (Lipinski definition) is 3. The maximum atomic E-state index is 12.4. The van der Waals surface area contributed by atoms with Gasteiger partial charge >= 0.3 is 6.18 Å². The second kappa shape index (κ2) is 7.44. The van der Waals surface area contributed by atoms with Gasteiger partial charge < -0.3 is 10.6 Å². The van der Waals surface area contributed by atoms with E-state index in [1.807, 2.05) is 18.2 Å². The van der Waals surface area contributed by atoms with Crippen molar-refractivity contribution in [3.63, 3.8) is 0 Å². The Morgan fingerprint density at radius 1 is 1.45 bits per heavy atom. The lowest BCUT2D eigenvalue weighted by Gasteiger charge is -2.19. The van der Waals surface area contributed by atoms with Crippen LogP contribution in [0.2, 0.25) is 0 Å². The Hall–Kier alpha value is -1.83. The summed E-state index contributed by atoms with van der Waals surface area (Å²) in [7, 11) is 1.64. The number of guanidine groups is 1. The molecule has 22 heavy (non-hydrogen) atoms. The highest BCUT2D eigenvalue weighted by Gasteiger charge is 2.34. The number of likely N-dealkylation sites (tertiary alicyclic amines) is 1. The minimum absolute atomic E-state index is 0.0303. The standard InChI is InChI=1S/C14H20F3N5/c1-18-13(20-8-11-4-2-3-6-19-11)21-12-5-7-22(9-12)10-14(15,16)17/h2-4,6,12H,5,7-10H2,1H3,(H2,18,20,21). The lowest BCUT2D eigenvalue weighted by atomic mass is 10.3. The number of rotatable bonds is 4. The molecule has 0 bridgehead atoms. The third kappa shape index (κ3) is 5.51. The molecule has 0 aromatic carbocycles. The molecule has 2 rings (SSSR count). The van der Waals surface area contributed by atoms with E-state index >= 15 is 0 Å². The first-order valence-corrected chi connectivity index (χ1v) is 7.12. The van der Waals surface area contributed by atoms with Crippen molar-refractivity contribution in [1.82, 2.24) is 20.5 Å². The van der Waals surface area contributed by atoms with Crippen molar-refractivity contribution in [3.8, 4) is 0 Å². The predicted molar refractivity (Wildman–Crippen MR) is 78.5 cm³/mol. The molecule has 5 nitrogen and oxygen atoms in total. The summed E-state index contributed by atoms with van der Waals surface area (Å²) in [6, 6.07) is 5.59.